The number of carbonyl (C=O) groups excluding carboxylic acids is 4. The molecule has 1 unspecified atom stereocenters. The van der Waals surface area contributed by atoms with Gasteiger partial charge in [0.25, 0.3) is 5.91 Å². The lowest BCUT2D eigenvalue weighted by molar-refractivity contribution is -0.142. The summed E-state index contributed by atoms with van der Waals surface area (Å²) in [7, 11) is 0. The first kappa shape index (κ1) is 34.5. The molecule has 12 heteroatoms. The monoisotopic (exact) mass is 558 g/mol. The predicted molar refractivity (Wildman–Crippen MR) is 150 cm³/mol. The summed E-state index contributed by atoms with van der Waals surface area (Å²) < 4.78 is 0. The standard InChI is InChI=1S/C25H42N4O6S2/c1-7-17(22(31)29-21(15(4)5)25(34)35)26-23(32)18(13-37)27-24(33)20(14(2)3)28-19(30)12-16(6)10-8-9-11-36/h7-8,10,14-16,18,20-21,36-37H,9,11-13H2,1-6H3,(H,26,32)(H,27,33)(H,28,30)(H,29,31)(H,34,35)/b10-8+,17-7-/t16?,18-,20+,21+/m1/s1. The van der Waals surface area contributed by atoms with Crippen LogP contribution in [-0.2, 0) is 24.0 Å². The van der Waals surface area contributed by atoms with Crippen molar-refractivity contribution in [2.24, 2.45) is 17.8 Å². The highest BCUT2D eigenvalue weighted by atomic mass is 32.1. The Labute approximate surface area is 230 Å². The Bertz CT molecular complexity index is 860. The van der Waals surface area contributed by atoms with Crippen LogP contribution in [0.25, 0.3) is 0 Å². The Hall–Kier alpha value is -2.47. The molecular weight excluding hydrogens is 516 g/mol. The van der Waals surface area contributed by atoms with E-state index in [9.17, 15) is 29.1 Å². The van der Waals surface area contributed by atoms with Crippen LogP contribution in [0.1, 0.15) is 54.4 Å². The number of carboxylic acid groups (broad SMARTS) is 1. The number of hydrogen-bond acceptors (Lipinski definition) is 7. The highest BCUT2D eigenvalue weighted by molar-refractivity contribution is 7.80. The van der Waals surface area contributed by atoms with Crippen LogP contribution < -0.4 is 21.3 Å². The predicted octanol–water partition coefficient (Wildman–Crippen LogP) is 1.69. The topological polar surface area (TPSA) is 154 Å². The van der Waals surface area contributed by atoms with Crippen molar-refractivity contribution in [2.75, 3.05) is 11.5 Å². The van der Waals surface area contributed by atoms with Crippen molar-refractivity contribution in [3.8, 4) is 0 Å². The highest BCUT2D eigenvalue weighted by Crippen LogP contribution is 2.09. The molecule has 0 spiro atoms. The Balaban J connectivity index is 5.27. The van der Waals surface area contributed by atoms with Gasteiger partial charge in [0, 0.05) is 12.2 Å². The summed E-state index contributed by atoms with van der Waals surface area (Å²) in [4.78, 5) is 62.2. The summed E-state index contributed by atoms with van der Waals surface area (Å²) in [5.41, 5.74) is -0.161. The summed E-state index contributed by atoms with van der Waals surface area (Å²) in [5, 5.41) is 19.4. The normalized spacial score (nSPS) is 15.1. The van der Waals surface area contributed by atoms with E-state index < -0.39 is 41.8 Å². The van der Waals surface area contributed by atoms with Crippen LogP contribution in [0.2, 0.25) is 0 Å². The molecule has 0 aromatic heterocycles. The lowest BCUT2D eigenvalue weighted by Crippen LogP contribution is -2.56. The molecule has 37 heavy (non-hydrogen) atoms. The van der Waals surface area contributed by atoms with Gasteiger partial charge in [0.15, 0.2) is 0 Å². The highest BCUT2D eigenvalue weighted by Gasteiger charge is 2.30. The van der Waals surface area contributed by atoms with E-state index in [4.69, 9.17) is 0 Å². The van der Waals surface area contributed by atoms with E-state index in [1.165, 1.54) is 13.0 Å². The fourth-order valence-corrected chi connectivity index (χ4v) is 3.61. The quantitative estimate of drug-likeness (QED) is 0.0869. The second-order valence-corrected chi connectivity index (χ2v) is 10.2. The first-order valence-corrected chi connectivity index (χ1v) is 13.5. The van der Waals surface area contributed by atoms with Crippen LogP contribution in [0.5, 0.6) is 0 Å². The summed E-state index contributed by atoms with van der Waals surface area (Å²) in [6.45, 7) is 10.2. The van der Waals surface area contributed by atoms with Gasteiger partial charge in [0.05, 0.1) is 0 Å². The van der Waals surface area contributed by atoms with E-state index in [2.05, 4.69) is 46.5 Å². The third-order valence-electron chi connectivity index (χ3n) is 5.36. The molecule has 0 bridgehead atoms. The molecule has 210 valence electrons. The number of carbonyl (C=O) groups is 5. The van der Waals surface area contributed by atoms with Crippen molar-refractivity contribution >= 4 is 54.9 Å². The Morgan fingerprint density at radius 3 is 1.92 bits per heavy atom. The van der Waals surface area contributed by atoms with Gasteiger partial charge in [-0.15, -0.1) is 0 Å². The van der Waals surface area contributed by atoms with Crippen LogP contribution >= 0.6 is 25.3 Å². The minimum absolute atomic E-state index is 0.0199. The van der Waals surface area contributed by atoms with Crippen molar-refractivity contribution in [1.82, 2.24) is 21.3 Å². The molecule has 0 aliphatic heterocycles. The fraction of sp³-hybridized carbons (Fsp3) is 0.640. The van der Waals surface area contributed by atoms with E-state index in [0.29, 0.717) is 5.75 Å². The maximum atomic E-state index is 13.0. The lowest BCUT2D eigenvalue weighted by Gasteiger charge is -2.25. The molecule has 0 aromatic rings. The molecule has 0 saturated carbocycles. The van der Waals surface area contributed by atoms with Gasteiger partial charge in [-0.3, -0.25) is 19.2 Å². The maximum Gasteiger partial charge on any atom is 0.326 e. The molecule has 0 heterocycles. The van der Waals surface area contributed by atoms with E-state index >= 15 is 0 Å². The van der Waals surface area contributed by atoms with Gasteiger partial charge < -0.3 is 26.4 Å². The molecule has 0 aliphatic carbocycles. The van der Waals surface area contributed by atoms with Crippen LogP contribution in [-0.4, -0.2) is 64.3 Å². The number of allylic oxidation sites excluding steroid dienone is 3. The van der Waals surface area contributed by atoms with Crippen LogP contribution in [0.3, 0.4) is 0 Å². The SMILES string of the molecule is C/C=C(\NC(=O)[C@@H](CS)NC(=O)[C@@H](NC(=O)CC(C)/C=C/CCS)C(C)C)C(=O)N[C@H](C(=O)O)C(C)C. The first-order chi connectivity index (χ1) is 17.3. The Morgan fingerprint density at radius 1 is 0.865 bits per heavy atom. The van der Waals surface area contributed by atoms with Gasteiger partial charge in [-0.05, 0) is 36.9 Å². The number of nitrogens with one attached hydrogen (secondary N) is 4. The lowest BCUT2D eigenvalue weighted by atomic mass is 10.0. The minimum atomic E-state index is -1.20. The number of thiol groups is 2. The smallest absolute Gasteiger partial charge is 0.326 e. The third-order valence-corrected chi connectivity index (χ3v) is 5.98. The van der Waals surface area contributed by atoms with Gasteiger partial charge in [-0.2, -0.15) is 25.3 Å². The summed E-state index contributed by atoms with van der Waals surface area (Å²) in [6.07, 6.45) is 6.21. The average molecular weight is 559 g/mol. The Kier molecular flexibility index (Phi) is 16.7. The largest absolute Gasteiger partial charge is 0.480 e. The zero-order valence-corrected chi connectivity index (χ0v) is 24.2. The average Bonchev–Trinajstić information content (AvgIpc) is 2.81. The van der Waals surface area contributed by atoms with Gasteiger partial charge in [0.1, 0.15) is 23.8 Å². The van der Waals surface area contributed by atoms with Gasteiger partial charge >= 0.3 is 5.97 Å². The van der Waals surface area contributed by atoms with Gasteiger partial charge in [-0.1, -0.05) is 52.8 Å². The van der Waals surface area contributed by atoms with Crippen LogP contribution in [0, 0.1) is 17.8 Å². The van der Waals surface area contributed by atoms with Crippen molar-refractivity contribution in [3.05, 3.63) is 23.9 Å². The Morgan fingerprint density at radius 2 is 1.46 bits per heavy atom. The number of hydrogen-bond donors (Lipinski definition) is 7. The molecule has 0 aromatic carbocycles. The van der Waals surface area contributed by atoms with Crippen molar-refractivity contribution < 1.29 is 29.1 Å². The molecule has 0 fully saturated rings. The second-order valence-electron chi connectivity index (χ2n) is 9.38. The molecule has 0 rings (SSSR count). The molecule has 0 radical (unpaired) electrons. The molecule has 0 saturated heterocycles. The number of carboxylic acids is 1. The molecular formula is C25H42N4O6S2. The first-order valence-electron chi connectivity index (χ1n) is 12.3. The van der Waals surface area contributed by atoms with Crippen LogP contribution in [0.15, 0.2) is 23.9 Å². The molecule has 4 amide bonds. The number of amides is 4. The van der Waals surface area contributed by atoms with E-state index in [0.717, 1.165) is 6.42 Å². The molecule has 4 atom stereocenters. The van der Waals surface area contributed by atoms with E-state index in [-0.39, 0.29) is 41.5 Å². The summed E-state index contributed by atoms with van der Waals surface area (Å²) in [6, 6.07) is -3.14. The van der Waals surface area contributed by atoms with Gasteiger partial charge in [-0.25, -0.2) is 4.79 Å². The van der Waals surface area contributed by atoms with Crippen molar-refractivity contribution in [2.45, 2.75) is 72.5 Å². The van der Waals surface area contributed by atoms with E-state index in [1.807, 2.05) is 19.1 Å². The molecule has 5 N–H and O–H groups in total. The van der Waals surface area contributed by atoms with Crippen LogP contribution in [0.4, 0.5) is 0 Å². The second kappa shape index (κ2) is 17.9. The van der Waals surface area contributed by atoms with Crippen molar-refractivity contribution in [3.63, 3.8) is 0 Å². The zero-order chi connectivity index (χ0) is 28.7. The van der Waals surface area contributed by atoms with Gasteiger partial charge in [0.2, 0.25) is 17.7 Å². The minimum Gasteiger partial charge on any atom is -0.480 e. The fourth-order valence-electron chi connectivity index (χ4n) is 3.20. The summed E-state index contributed by atoms with van der Waals surface area (Å²) in [5.74, 6) is -3.56. The number of rotatable bonds is 16. The number of aliphatic carboxylic acids is 1. The van der Waals surface area contributed by atoms with E-state index in [1.54, 1.807) is 27.7 Å². The molecule has 0 aliphatic rings. The maximum absolute atomic E-state index is 13.0. The van der Waals surface area contributed by atoms with Crippen molar-refractivity contribution in [1.29, 1.82) is 0 Å². The summed E-state index contributed by atoms with van der Waals surface area (Å²) >= 11 is 8.29. The molecule has 10 nitrogen and oxygen atoms in total. The third kappa shape index (κ3) is 13.1. The zero-order valence-electron chi connectivity index (χ0n) is 22.4.